The van der Waals surface area contributed by atoms with Crippen LogP contribution >= 0.6 is 0 Å². The Bertz CT molecular complexity index is 877. The van der Waals surface area contributed by atoms with Gasteiger partial charge in [-0.2, -0.15) is 5.10 Å². The Labute approximate surface area is 150 Å². The summed E-state index contributed by atoms with van der Waals surface area (Å²) in [5.41, 5.74) is 8.68. The van der Waals surface area contributed by atoms with Crippen molar-refractivity contribution in [3.05, 3.63) is 78.4 Å². The highest BCUT2D eigenvalue weighted by Gasteiger charge is 2.30. The zero-order valence-electron chi connectivity index (χ0n) is 13.9. The molecular weight excluding hydrogens is 333 g/mol. The maximum absolute atomic E-state index is 13.0. The number of nitrogens with one attached hydrogen (secondary N) is 3. The summed E-state index contributed by atoms with van der Waals surface area (Å²) in [5.74, 6) is -0.387. The van der Waals surface area contributed by atoms with Crippen molar-refractivity contribution in [3.8, 4) is 5.69 Å². The number of hydrazine groups is 1. The van der Waals surface area contributed by atoms with Gasteiger partial charge in [-0.1, -0.05) is 12.1 Å². The average Bonchev–Trinajstić information content (AvgIpc) is 3.35. The number of amides is 1. The maximum Gasteiger partial charge on any atom is 0.242 e. The lowest BCUT2D eigenvalue weighted by Crippen LogP contribution is -2.39. The molecule has 2 atom stereocenters. The molecule has 1 aliphatic heterocycles. The largest absolute Gasteiger partial charge is 0.325 e. The molecule has 2 heterocycles. The molecule has 7 heteroatoms. The standard InChI is InChI=1S/C19H18FN5O/c20-14-4-2-13(3-5-14)17-12-18(24-23-17)19(26)22-15-6-8-16(9-7-15)25-11-1-10-21-25/h1-11,17-18,23-24H,12H2,(H,22,26). The molecule has 1 fully saturated rings. The first kappa shape index (κ1) is 16.4. The first-order chi connectivity index (χ1) is 12.7. The molecule has 2 unspecified atom stereocenters. The van der Waals surface area contributed by atoms with Crippen LogP contribution in [0.3, 0.4) is 0 Å². The van der Waals surface area contributed by atoms with Crippen LogP contribution in [0.4, 0.5) is 10.1 Å². The van der Waals surface area contributed by atoms with Gasteiger partial charge in [0.2, 0.25) is 5.91 Å². The van der Waals surface area contributed by atoms with Gasteiger partial charge >= 0.3 is 0 Å². The minimum absolute atomic E-state index is 0.0338. The van der Waals surface area contributed by atoms with Crippen LogP contribution in [0.15, 0.2) is 67.0 Å². The Morgan fingerprint density at radius 2 is 1.88 bits per heavy atom. The van der Waals surface area contributed by atoms with Crippen LogP contribution in [0.25, 0.3) is 5.69 Å². The van der Waals surface area contributed by atoms with Crippen LogP contribution in [0, 0.1) is 5.82 Å². The SMILES string of the molecule is O=C(Nc1ccc(-n2cccn2)cc1)C1CC(c2ccc(F)cc2)NN1. The Morgan fingerprint density at radius 3 is 2.58 bits per heavy atom. The van der Waals surface area contributed by atoms with Crippen molar-refractivity contribution in [2.24, 2.45) is 0 Å². The second-order valence-corrected chi connectivity index (χ2v) is 6.17. The molecule has 0 saturated carbocycles. The van der Waals surface area contributed by atoms with E-state index in [2.05, 4.69) is 21.3 Å². The molecule has 2 aromatic carbocycles. The second kappa shape index (κ2) is 7.07. The first-order valence-corrected chi connectivity index (χ1v) is 8.36. The number of carbonyl (C=O) groups excluding carboxylic acids is 1. The maximum atomic E-state index is 13.0. The van der Waals surface area contributed by atoms with Gasteiger partial charge in [-0.25, -0.2) is 19.9 Å². The van der Waals surface area contributed by atoms with Crippen molar-refractivity contribution < 1.29 is 9.18 Å². The molecule has 1 aliphatic rings. The summed E-state index contributed by atoms with van der Waals surface area (Å²) in [6.45, 7) is 0. The summed E-state index contributed by atoms with van der Waals surface area (Å²) in [7, 11) is 0. The van der Waals surface area contributed by atoms with Crippen molar-refractivity contribution in [2.75, 3.05) is 5.32 Å². The molecule has 1 saturated heterocycles. The molecule has 4 rings (SSSR count). The topological polar surface area (TPSA) is 71.0 Å². The summed E-state index contributed by atoms with van der Waals surface area (Å²) in [6.07, 6.45) is 4.16. The van der Waals surface area contributed by atoms with Crippen molar-refractivity contribution in [2.45, 2.75) is 18.5 Å². The number of carbonyl (C=O) groups is 1. The van der Waals surface area contributed by atoms with Gasteiger partial charge in [0, 0.05) is 24.1 Å². The quantitative estimate of drug-likeness (QED) is 0.676. The summed E-state index contributed by atoms with van der Waals surface area (Å²) < 4.78 is 14.8. The van der Waals surface area contributed by atoms with E-state index in [1.807, 2.05) is 36.5 Å². The summed E-state index contributed by atoms with van der Waals surface area (Å²) in [4.78, 5) is 12.5. The fourth-order valence-corrected chi connectivity index (χ4v) is 2.99. The molecular formula is C19H18FN5O. The van der Waals surface area contributed by atoms with E-state index in [1.54, 1.807) is 23.0 Å². The Hall–Kier alpha value is -3.03. The number of aromatic nitrogens is 2. The predicted octanol–water partition coefficient (Wildman–Crippen LogP) is 2.56. The number of benzene rings is 2. The predicted molar refractivity (Wildman–Crippen MR) is 96.0 cm³/mol. The van der Waals surface area contributed by atoms with Gasteiger partial charge in [0.25, 0.3) is 0 Å². The second-order valence-electron chi connectivity index (χ2n) is 6.17. The van der Waals surface area contributed by atoms with E-state index in [-0.39, 0.29) is 23.8 Å². The first-order valence-electron chi connectivity index (χ1n) is 8.36. The lowest BCUT2D eigenvalue weighted by atomic mass is 10.0. The average molecular weight is 351 g/mol. The molecule has 132 valence electrons. The smallest absolute Gasteiger partial charge is 0.242 e. The van der Waals surface area contributed by atoms with Crippen molar-refractivity contribution in [1.82, 2.24) is 20.6 Å². The number of hydrogen-bond acceptors (Lipinski definition) is 4. The molecule has 1 amide bonds. The summed E-state index contributed by atoms with van der Waals surface area (Å²) in [6, 6.07) is 15.2. The van der Waals surface area contributed by atoms with Gasteiger partial charge < -0.3 is 5.32 Å². The van der Waals surface area contributed by atoms with E-state index in [4.69, 9.17) is 0 Å². The summed E-state index contributed by atoms with van der Waals surface area (Å²) in [5, 5.41) is 7.08. The number of halogens is 1. The Kier molecular flexibility index (Phi) is 4.47. The van der Waals surface area contributed by atoms with Gasteiger partial charge in [-0.05, 0) is 54.4 Å². The van der Waals surface area contributed by atoms with E-state index >= 15 is 0 Å². The zero-order chi connectivity index (χ0) is 17.9. The lowest BCUT2D eigenvalue weighted by molar-refractivity contribution is -0.117. The molecule has 0 radical (unpaired) electrons. The van der Waals surface area contributed by atoms with Crippen LogP contribution in [-0.4, -0.2) is 21.7 Å². The molecule has 6 nitrogen and oxygen atoms in total. The molecule has 3 aromatic rings. The normalized spacial score (nSPS) is 19.4. The Morgan fingerprint density at radius 1 is 1.12 bits per heavy atom. The van der Waals surface area contributed by atoms with E-state index in [9.17, 15) is 9.18 Å². The monoisotopic (exact) mass is 351 g/mol. The zero-order valence-corrected chi connectivity index (χ0v) is 13.9. The number of hydrogen-bond donors (Lipinski definition) is 3. The third-order valence-corrected chi connectivity index (χ3v) is 4.40. The summed E-state index contributed by atoms with van der Waals surface area (Å²) >= 11 is 0. The van der Waals surface area contributed by atoms with Gasteiger partial charge in [0.15, 0.2) is 0 Å². The van der Waals surface area contributed by atoms with Crippen LogP contribution < -0.4 is 16.2 Å². The molecule has 0 bridgehead atoms. The van der Waals surface area contributed by atoms with Crippen molar-refractivity contribution >= 4 is 11.6 Å². The minimum atomic E-state index is -0.365. The van der Waals surface area contributed by atoms with Crippen LogP contribution in [-0.2, 0) is 4.79 Å². The third kappa shape index (κ3) is 3.49. The van der Waals surface area contributed by atoms with Gasteiger partial charge in [-0.3, -0.25) is 4.79 Å². The third-order valence-electron chi connectivity index (χ3n) is 4.40. The highest BCUT2D eigenvalue weighted by Crippen LogP contribution is 2.23. The molecule has 0 spiro atoms. The molecule has 26 heavy (non-hydrogen) atoms. The van der Waals surface area contributed by atoms with E-state index in [0.717, 1.165) is 16.9 Å². The number of rotatable bonds is 4. The van der Waals surface area contributed by atoms with Crippen molar-refractivity contribution in [3.63, 3.8) is 0 Å². The van der Waals surface area contributed by atoms with Crippen molar-refractivity contribution in [1.29, 1.82) is 0 Å². The van der Waals surface area contributed by atoms with Gasteiger partial charge in [-0.15, -0.1) is 0 Å². The van der Waals surface area contributed by atoms with Crippen LogP contribution in [0.1, 0.15) is 18.0 Å². The van der Waals surface area contributed by atoms with Gasteiger partial charge in [0.1, 0.15) is 11.9 Å². The van der Waals surface area contributed by atoms with E-state index in [0.29, 0.717) is 6.42 Å². The Balaban J connectivity index is 1.37. The van der Waals surface area contributed by atoms with E-state index in [1.165, 1.54) is 12.1 Å². The minimum Gasteiger partial charge on any atom is -0.325 e. The highest BCUT2D eigenvalue weighted by molar-refractivity contribution is 5.95. The lowest BCUT2D eigenvalue weighted by Gasteiger charge is -2.11. The molecule has 3 N–H and O–H groups in total. The van der Waals surface area contributed by atoms with Gasteiger partial charge in [0.05, 0.1) is 5.69 Å². The molecule has 0 aliphatic carbocycles. The van der Waals surface area contributed by atoms with E-state index < -0.39 is 0 Å². The fourth-order valence-electron chi connectivity index (χ4n) is 2.99. The van der Waals surface area contributed by atoms with Crippen LogP contribution in [0.2, 0.25) is 0 Å². The number of anilines is 1. The number of nitrogens with zero attached hydrogens (tertiary/aromatic N) is 2. The van der Waals surface area contributed by atoms with Crippen LogP contribution in [0.5, 0.6) is 0 Å². The fraction of sp³-hybridized carbons (Fsp3) is 0.158. The highest BCUT2D eigenvalue weighted by atomic mass is 19.1. The molecule has 1 aromatic heterocycles.